The minimum atomic E-state index is -1.46. The lowest BCUT2D eigenvalue weighted by Gasteiger charge is -2.31. The Balaban J connectivity index is -0.0000000656. The van der Waals surface area contributed by atoms with Gasteiger partial charge >= 0.3 is 11.9 Å². The third-order valence-electron chi connectivity index (χ3n) is 3.00. The first-order valence-electron chi connectivity index (χ1n) is 15.5. The summed E-state index contributed by atoms with van der Waals surface area (Å²) in [4.78, 5) is 32.7. The minimum absolute atomic E-state index is 0.250. The average molecular weight is 775 g/mol. The van der Waals surface area contributed by atoms with Gasteiger partial charge in [0.1, 0.15) is 5.75 Å². The van der Waals surface area contributed by atoms with Crippen LogP contribution in [0.1, 0.15) is 26.2 Å². The van der Waals surface area contributed by atoms with Crippen molar-refractivity contribution in [2.24, 2.45) is 0 Å². The van der Waals surface area contributed by atoms with E-state index in [4.69, 9.17) is 70.3 Å². The molecule has 0 aliphatic rings. The highest BCUT2D eigenvalue weighted by atomic mass is 17.2. The maximum Gasteiger partial charge on any atom is 0.365 e. The number of hydrogen-bond acceptors (Lipinski definition) is 6. The molecule has 1 aromatic carbocycles. The second kappa shape index (κ2) is 87.7. The zero-order valence-electron chi connectivity index (χ0n) is 32.0. The Labute approximate surface area is 326 Å². The van der Waals surface area contributed by atoms with Gasteiger partial charge in [-0.15, -0.1) is 4.89 Å². The van der Waals surface area contributed by atoms with Gasteiger partial charge in [0.25, 0.3) is 5.79 Å². The second-order valence-electron chi connectivity index (χ2n) is 6.97. The summed E-state index contributed by atoms with van der Waals surface area (Å²) in [6.45, 7) is 35.2. The second-order valence-corrected chi connectivity index (χ2v) is 6.97. The molecule has 310 valence electrons. The molecule has 0 amide bonds. The topological polar surface area (TPSA) is 270 Å². The van der Waals surface area contributed by atoms with Crippen molar-refractivity contribution < 1.29 is 79.9 Å². The molecule has 0 aromatic heterocycles. The molecular formula is C38H62O16. The Morgan fingerprint density at radius 1 is 0.556 bits per heavy atom. The van der Waals surface area contributed by atoms with Crippen LogP contribution in [-0.2, 0) is 75.2 Å². The largest absolute Gasteiger partial charge is 0.455 e. The zero-order chi connectivity index (χ0) is 44.9. The van der Waals surface area contributed by atoms with Crippen molar-refractivity contribution in [2.75, 3.05) is 72.7 Å². The van der Waals surface area contributed by atoms with Crippen LogP contribution in [0.25, 0.3) is 0 Å². The average Bonchev–Trinajstić information content (AvgIpc) is 3.12. The number of esters is 1. The fraction of sp³-hybridized carbons (Fsp3) is 0.421. The molecule has 0 saturated heterocycles. The van der Waals surface area contributed by atoms with Gasteiger partial charge in [-0.1, -0.05) is 44.7 Å². The van der Waals surface area contributed by atoms with E-state index in [0.717, 1.165) is 18.6 Å². The third kappa shape index (κ3) is 117. The van der Waals surface area contributed by atoms with Gasteiger partial charge in [0.05, 0.1) is 66.1 Å². The van der Waals surface area contributed by atoms with E-state index in [-0.39, 0.29) is 72.7 Å². The van der Waals surface area contributed by atoms with Crippen LogP contribution in [0.5, 0.6) is 5.75 Å². The first kappa shape index (κ1) is 75.8. The third-order valence-corrected chi connectivity index (χ3v) is 3.00. The summed E-state index contributed by atoms with van der Waals surface area (Å²) in [6, 6.07) is 8.83. The van der Waals surface area contributed by atoms with Crippen molar-refractivity contribution >= 4 is 11.9 Å². The fourth-order valence-electron chi connectivity index (χ4n) is 1.78. The molecule has 0 saturated carbocycles. The molecule has 0 heterocycles. The van der Waals surface area contributed by atoms with Crippen molar-refractivity contribution in [3.63, 3.8) is 0 Å². The van der Waals surface area contributed by atoms with Crippen molar-refractivity contribution in [1.82, 2.24) is 0 Å². The monoisotopic (exact) mass is 774 g/mol. The highest BCUT2D eigenvalue weighted by Gasteiger charge is 2.38. The molecule has 1 aromatic rings. The summed E-state index contributed by atoms with van der Waals surface area (Å²) in [5.41, 5.74) is 0. The van der Waals surface area contributed by atoms with Gasteiger partial charge in [-0.25, -0.2) is 60.7 Å². The van der Waals surface area contributed by atoms with Gasteiger partial charge in [-0.05, 0) is 87.8 Å². The van der Waals surface area contributed by atoms with E-state index < -0.39 is 17.7 Å². The maximum atomic E-state index is 11.4. The fourth-order valence-corrected chi connectivity index (χ4v) is 1.78. The van der Waals surface area contributed by atoms with Crippen LogP contribution in [-0.4, -0.2) is 90.4 Å². The predicted molar refractivity (Wildman–Crippen MR) is 197 cm³/mol. The molecule has 16 nitrogen and oxygen atoms in total. The lowest BCUT2D eigenvalue weighted by atomic mass is 10.1. The highest BCUT2D eigenvalue weighted by molar-refractivity contribution is 5.81. The van der Waals surface area contributed by atoms with Crippen LogP contribution in [0.2, 0.25) is 0 Å². The number of carbonyl (C=O) groups is 2. The molecule has 0 aliphatic heterocycles. The van der Waals surface area contributed by atoms with Crippen molar-refractivity contribution in [3.05, 3.63) is 125 Å². The number of carbonyl (C=O) groups excluding carboxylic acids is 2. The van der Waals surface area contributed by atoms with E-state index in [1.807, 2.05) is 13.0 Å². The number of benzene rings is 1. The lowest BCUT2D eigenvalue weighted by molar-refractivity contribution is -0.390. The van der Waals surface area contributed by atoms with E-state index in [1.165, 1.54) is 0 Å². The van der Waals surface area contributed by atoms with Crippen LogP contribution in [0.15, 0.2) is 55.6 Å². The molecular weight excluding hydrogens is 712 g/mol. The molecule has 0 aliphatic carbocycles. The molecule has 1 unspecified atom stereocenters. The van der Waals surface area contributed by atoms with Crippen molar-refractivity contribution in [2.45, 2.75) is 32.0 Å². The van der Waals surface area contributed by atoms with Gasteiger partial charge in [-0.3, -0.25) is 4.89 Å². The standard InChI is InChI=1S/C18H22O6.10C2H4O/c1-4-7-13-18(14-21-16(19)5-2,24-23-17(20)6-3)22-15-11-9-8-10-12-15;10*1-2-3/h5-6,8-12H,2-4,7,13-14H2,1H3;10*1-2H2. The number of hydrogen-bond donors (Lipinski definition) is 0. The molecule has 54 heavy (non-hydrogen) atoms. The molecule has 16 heteroatoms. The summed E-state index contributed by atoms with van der Waals surface area (Å²) in [7, 11) is 0. The summed E-state index contributed by atoms with van der Waals surface area (Å²) < 4.78 is 10.9. The summed E-state index contributed by atoms with van der Waals surface area (Å²) in [5, 5.41) is 88.2. The molecule has 20 radical (unpaired) electrons. The molecule has 0 bridgehead atoms. The van der Waals surface area contributed by atoms with Crippen LogP contribution in [0.3, 0.4) is 0 Å². The first-order chi connectivity index (χ1) is 25.7. The molecule has 1 rings (SSSR count). The smallest absolute Gasteiger partial charge is 0.365 e. The van der Waals surface area contributed by atoms with E-state index in [9.17, 15) is 9.59 Å². The van der Waals surface area contributed by atoms with Gasteiger partial charge in [0, 0.05) is 18.6 Å². The Hall–Kier alpha value is -3.00. The van der Waals surface area contributed by atoms with E-state index in [0.29, 0.717) is 18.6 Å². The Morgan fingerprint density at radius 3 is 1.11 bits per heavy atom. The van der Waals surface area contributed by atoms with Crippen LogP contribution >= 0.6 is 0 Å². The van der Waals surface area contributed by atoms with Gasteiger partial charge < -0.3 is 9.47 Å². The predicted octanol–water partition coefficient (Wildman–Crippen LogP) is 5.85. The molecule has 0 spiro atoms. The first-order valence-corrected chi connectivity index (χ1v) is 15.5. The molecule has 0 N–H and O–H groups in total. The SMILES string of the molecule is C=CC(=O)OCC(CCCC)(OOC(=O)C=C)Oc1ccccc1.[CH2]C[O].[CH2]C[O].[CH2]C[O].[CH2]C[O].[CH2]C[O].[CH2]C[O].[CH2]C[O].[CH2]C[O].[CH2]C[O].[CH2]C[O]. The van der Waals surface area contributed by atoms with Gasteiger partial charge in [0.15, 0.2) is 6.61 Å². The zero-order valence-corrected chi connectivity index (χ0v) is 32.0. The van der Waals surface area contributed by atoms with E-state index in [2.05, 4.69) is 82.4 Å². The summed E-state index contributed by atoms with van der Waals surface area (Å²) in [5.74, 6) is -2.39. The Bertz CT molecular complexity index is 667. The number of rotatable bonds is 11. The Morgan fingerprint density at radius 2 is 0.852 bits per heavy atom. The van der Waals surface area contributed by atoms with Gasteiger partial charge in [0.2, 0.25) is 0 Å². The maximum absolute atomic E-state index is 11.4. The number of para-hydroxylation sites is 1. The molecule has 1 atom stereocenters. The number of unbranched alkanes of at least 4 members (excludes halogenated alkanes) is 1. The van der Waals surface area contributed by atoms with E-state index >= 15 is 0 Å². The number of ether oxygens (including phenoxy) is 2. The highest BCUT2D eigenvalue weighted by Crippen LogP contribution is 2.26. The lowest BCUT2D eigenvalue weighted by Crippen LogP contribution is -2.45. The minimum Gasteiger partial charge on any atom is -0.455 e. The summed E-state index contributed by atoms with van der Waals surface area (Å²) in [6.07, 6.45) is 3.87. The molecule has 0 fully saturated rings. The van der Waals surface area contributed by atoms with Crippen LogP contribution in [0.4, 0.5) is 0 Å². The van der Waals surface area contributed by atoms with Crippen LogP contribution in [0, 0.1) is 69.2 Å². The van der Waals surface area contributed by atoms with Gasteiger partial charge in [-0.2, -0.15) is 0 Å². The van der Waals surface area contributed by atoms with Crippen LogP contribution < -0.4 is 4.74 Å². The Kier molecular flexibility index (Phi) is 123. The van der Waals surface area contributed by atoms with Crippen molar-refractivity contribution in [3.8, 4) is 5.75 Å². The quantitative estimate of drug-likeness (QED) is 0.0873. The van der Waals surface area contributed by atoms with Crippen molar-refractivity contribution in [1.29, 1.82) is 0 Å². The normalized spacial score (nSPS) is 8.91. The van der Waals surface area contributed by atoms with E-state index in [1.54, 1.807) is 24.3 Å². The summed E-state index contributed by atoms with van der Waals surface area (Å²) >= 11 is 0.